The van der Waals surface area contributed by atoms with Crippen LogP contribution in [0.5, 0.6) is 11.5 Å². The summed E-state index contributed by atoms with van der Waals surface area (Å²) in [5.74, 6) is -2.04. The van der Waals surface area contributed by atoms with E-state index in [1.807, 2.05) is 5.32 Å². The highest BCUT2D eigenvalue weighted by Gasteiger charge is 2.37. The number of hydrogen-bond acceptors (Lipinski definition) is 7. The van der Waals surface area contributed by atoms with Gasteiger partial charge in [0.25, 0.3) is 17.5 Å². The Morgan fingerprint density at radius 3 is 2.57 bits per heavy atom. The average molecular weight is 526 g/mol. The van der Waals surface area contributed by atoms with Gasteiger partial charge >= 0.3 is 6.03 Å². The number of urea groups is 1. The molecule has 0 unspecified atom stereocenters. The third-order valence-electron chi connectivity index (χ3n) is 5.24. The molecule has 12 heteroatoms. The number of amides is 4. The molecule has 1 aliphatic rings. The summed E-state index contributed by atoms with van der Waals surface area (Å²) >= 11 is 6.37. The Hall–Kier alpha value is -4.77. The van der Waals surface area contributed by atoms with Crippen LogP contribution in [0, 0.1) is 15.9 Å². The molecule has 3 aromatic rings. The fraction of sp³-hybridized carbons (Fsp3) is 0.0800. The van der Waals surface area contributed by atoms with Gasteiger partial charge in [-0.1, -0.05) is 29.8 Å². The minimum Gasteiger partial charge on any atom is -0.493 e. The highest BCUT2D eigenvalue weighted by molar-refractivity contribution is 6.39. The van der Waals surface area contributed by atoms with Gasteiger partial charge in [-0.15, -0.1) is 0 Å². The molecule has 37 heavy (non-hydrogen) atoms. The van der Waals surface area contributed by atoms with Crippen molar-refractivity contribution in [3.05, 3.63) is 98.3 Å². The molecule has 4 rings (SSSR count). The fourth-order valence-corrected chi connectivity index (χ4v) is 3.82. The summed E-state index contributed by atoms with van der Waals surface area (Å²) in [4.78, 5) is 49.0. The van der Waals surface area contributed by atoms with E-state index >= 15 is 0 Å². The zero-order valence-corrected chi connectivity index (χ0v) is 19.8. The van der Waals surface area contributed by atoms with Crippen molar-refractivity contribution in [1.82, 2.24) is 5.32 Å². The van der Waals surface area contributed by atoms with E-state index in [2.05, 4.69) is 0 Å². The predicted molar refractivity (Wildman–Crippen MR) is 131 cm³/mol. The summed E-state index contributed by atoms with van der Waals surface area (Å²) in [6.45, 7) is -0.00451. The Morgan fingerprint density at radius 2 is 1.86 bits per heavy atom. The molecule has 0 atom stereocenters. The first kappa shape index (κ1) is 25.3. The number of carbonyl (C=O) groups is 3. The van der Waals surface area contributed by atoms with Crippen LogP contribution in [0.4, 0.5) is 20.6 Å². The third-order valence-corrected chi connectivity index (χ3v) is 5.52. The molecule has 1 N–H and O–H groups in total. The van der Waals surface area contributed by atoms with Crippen molar-refractivity contribution >= 4 is 46.9 Å². The molecule has 0 radical (unpaired) electrons. The smallest absolute Gasteiger partial charge is 0.335 e. The SMILES string of the molecule is COc1cc(/C=C2\C(=O)NC(=O)N(c3cccc([N+](=O)[O-])c3)C2=O)cc(Cl)c1OCc1cccc(F)c1. The minimum atomic E-state index is -1.05. The number of halogens is 2. The van der Waals surface area contributed by atoms with Gasteiger partial charge in [0.1, 0.15) is 18.0 Å². The van der Waals surface area contributed by atoms with Crippen LogP contribution >= 0.6 is 11.6 Å². The van der Waals surface area contributed by atoms with Crippen molar-refractivity contribution in [2.45, 2.75) is 6.61 Å². The van der Waals surface area contributed by atoms with E-state index in [4.69, 9.17) is 21.1 Å². The largest absolute Gasteiger partial charge is 0.493 e. The van der Waals surface area contributed by atoms with Crippen LogP contribution in [-0.4, -0.2) is 29.9 Å². The predicted octanol–water partition coefficient (Wildman–Crippen LogP) is 4.64. The van der Waals surface area contributed by atoms with Gasteiger partial charge < -0.3 is 9.47 Å². The topological polar surface area (TPSA) is 128 Å². The van der Waals surface area contributed by atoms with Gasteiger partial charge in [-0.05, 0) is 47.5 Å². The molecule has 0 saturated carbocycles. The summed E-state index contributed by atoms with van der Waals surface area (Å²) < 4.78 is 24.5. The number of barbiturate groups is 1. The molecule has 188 valence electrons. The van der Waals surface area contributed by atoms with Gasteiger partial charge in [-0.3, -0.25) is 25.0 Å². The van der Waals surface area contributed by atoms with Gasteiger partial charge in [-0.25, -0.2) is 14.1 Å². The Morgan fingerprint density at radius 1 is 1.11 bits per heavy atom. The quantitative estimate of drug-likeness (QED) is 0.206. The van der Waals surface area contributed by atoms with Crippen molar-refractivity contribution in [3.63, 3.8) is 0 Å². The molecular formula is C25H17ClFN3O7. The molecule has 1 saturated heterocycles. The maximum absolute atomic E-state index is 13.4. The van der Waals surface area contributed by atoms with Gasteiger partial charge in [-0.2, -0.15) is 0 Å². The zero-order valence-electron chi connectivity index (χ0n) is 19.1. The van der Waals surface area contributed by atoms with Crippen LogP contribution in [-0.2, 0) is 16.2 Å². The molecule has 1 heterocycles. The molecule has 0 bridgehead atoms. The van der Waals surface area contributed by atoms with Crippen LogP contribution in [0.2, 0.25) is 5.02 Å². The van der Waals surface area contributed by atoms with Crippen molar-refractivity contribution in [2.24, 2.45) is 0 Å². The van der Waals surface area contributed by atoms with Crippen molar-refractivity contribution in [1.29, 1.82) is 0 Å². The number of methoxy groups -OCH3 is 1. The second-order valence-corrected chi connectivity index (χ2v) is 8.09. The molecular weight excluding hydrogens is 509 g/mol. The number of nitrogens with zero attached hydrogens (tertiary/aromatic N) is 2. The number of carbonyl (C=O) groups excluding carboxylic acids is 3. The lowest BCUT2D eigenvalue weighted by molar-refractivity contribution is -0.384. The van der Waals surface area contributed by atoms with Gasteiger partial charge in [0.2, 0.25) is 0 Å². The third kappa shape index (κ3) is 5.41. The van der Waals surface area contributed by atoms with E-state index in [1.165, 1.54) is 61.7 Å². The average Bonchev–Trinajstić information content (AvgIpc) is 2.85. The van der Waals surface area contributed by atoms with Crippen LogP contribution in [0.3, 0.4) is 0 Å². The minimum absolute atomic E-state index is 0.00451. The maximum atomic E-state index is 13.4. The summed E-state index contributed by atoms with van der Waals surface area (Å²) in [7, 11) is 1.36. The number of hydrogen-bond donors (Lipinski definition) is 1. The normalized spacial score (nSPS) is 14.5. The second kappa shape index (κ2) is 10.5. The number of anilines is 1. The molecule has 10 nitrogen and oxygen atoms in total. The van der Waals surface area contributed by atoms with E-state index in [1.54, 1.807) is 6.07 Å². The zero-order chi connectivity index (χ0) is 26.7. The Bertz CT molecular complexity index is 1470. The summed E-state index contributed by atoms with van der Waals surface area (Å²) in [6, 6.07) is 12.5. The summed E-state index contributed by atoms with van der Waals surface area (Å²) in [6.07, 6.45) is 1.19. The van der Waals surface area contributed by atoms with Crippen molar-refractivity contribution < 1.29 is 33.2 Å². The number of nitro benzene ring substituents is 1. The summed E-state index contributed by atoms with van der Waals surface area (Å²) in [5, 5.41) is 13.2. The molecule has 1 aliphatic heterocycles. The van der Waals surface area contributed by atoms with E-state index in [0.29, 0.717) is 10.5 Å². The first-order valence-electron chi connectivity index (χ1n) is 10.6. The Labute approximate surface area is 214 Å². The van der Waals surface area contributed by atoms with Crippen LogP contribution in [0.15, 0.2) is 66.2 Å². The maximum Gasteiger partial charge on any atom is 0.335 e. The number of nitro groups is 1. The lowest BCUT2D eigenvalue weighted by Gasteiger charge is -2.26. The van der Waals surface area contributed by atoms with Crippen LogP contribution in [0.25, 0.3) is 6.08 Å². The monoisotopic (exact) mass is 525 g/mol. The first-order chi connectivity index (χ1) is 17.7. The molecule has 4 amide bonds. The molecule has 1 fully saturated rings. The Balaban J connectivity index is 1.65. The van der Waals surface area contributed by atoms with E-state index < -0.39 is 34.2 Å². The molecule has 0 spiro atoms. The van der Waals surface area contributed by atoms with E-state index in [-0.39, 0.29) is 40.1 Å². The second-order valence-electron chi connectivity index (χ2n) is 7.69. The lowest BCUT2D eigenvalue weighted by Crippen LogP contribution is -2.54. The first-order valence-corrected chi connectivity index (χ1v) is 11.0. The van der Waals surface area contributed by atoms with Gasteiger partial charge in [0.15, 0.2) is 11.5 Å². The van der Waals surface area contributed by atoms with Crippen molar-refractivity contribution in [2.75, 3.05) is 12.0 Å². The number of non-ortho nitro benzene ring substituents is 1. The highest BCUT2D eigenvalue weighted by atomic mass is 35.5. The molecule has 3 aromatic carbocycles. The number of ether oxygens (including phenoxy) is 2. The van der Waals surface area contributed by atoms with Crippen molar-refractivity contribution in [3.8, 4) is 11.5 Å². The van der Waals surface area contributed by atoms with Crippen LogP contribution in [0.1, 0.15) is 11.1 Å². The van der Waals surface area contributed by atoms with Gasteiger partial charge in [0.05, 0.1) is 22.7 Å². The number of rotatable bonds is 7. The van der Waals surface area contributed by atoms with Crippen LogP contribution < -0.4 is 19.7 Å². The number of benzene rings is 3. The molecule has 0 aromatic heterocycles. The fourth-order valence-electron chi connectivity index (χ4n) is 3.55. The van der Waals surface area contributed by atoms with E-state index in [0.717, 1.165) is 6.07 Å². The van der Waals surface area contributed by atoms with Gasteiger partial charge in [0, 0.05) is 12.1 Å². The summed E-state index contributed by atoms with van der Waals surface area (Å²) in [5.41, 5.74) is -0.0261. The number of imide groups is 2. The lowest BCUT2D eigenvalue weighted by atomic mass is 10.1. The highest BCUT2D eigenvalue weighted by Crippen LogP contribution is 2.38. The van der Waals surface area contributed by atoms with E-state index in [9.17, 15) is 28.9 Å². The standard InChI is InChI=1S/C25H17ClFN3O7/c1-36-21-11-15(10-20(26)22(21)37-13-14-4-2-5-16(27)8-14)9-19-23(31)28-25(33)29(24(19)32)17-6-3-7-18(12-17)30(34)35/h2-12H,13H2,1H3,(H,28,31,33)/b19-9+. The Kier molecular flexibility index (Phi) is 7.16. The number of nitrogens with one attached hydrogen (secondary N) is 1. The molecule has 0 aliphatic carbocycles.